The van der Waals surface area contributed by atoms with Crippen molar-refractivity contribution in [2.45, 2.75) is 136 Å². The standard InChI is InChI=1S/C31H47N3O10.C29H40N2O9.ClH/c1-16-10-21-26(33-14-20(36)15-35)23(37)13-22(28(21)39)34-30(40)17(2)8-7-9-24(42-5)29(44-31(32)41)19(4)12-18(3)27(38)25(11-16)43-6;1-15-11-19-25(34)20(14-21(32)27(19)39-7)31-28(35)16(2)9-8-10-22(37-5)26(40-29(30)36)18(4)13-17(3)24(33)23(12-15)38-6;/h7-9,12-13,16,18,20,24-25,27,29,33,35-39H,10-11,14-15H2,1-6H3,(H2,32,41)(H,34,40);8-10,13-15,17,22-24,26,33H,11-12H2,1-7H3,(H2,30,36)(H,31,35);1H/b9-7-,17-8+,19-12+;10-8-,16-9+,18-13+;/t16-,18+,20?,24+,25+,27-,29+;15-,17+,22+,23+,24-,26+;/m11./s1. The number of aliphatic hydroxyl groups excluding tert-OH is 4. The number of fused-ring (bicyclic) bond motifs is 4. The van der Waals surface area contributed by atoms with E-state index in [0.717, 1.165) is 6.08 Å². The smallest absolute Gasteiger partial charge is 0.405 e. The molecule has 0 spiro atoms. The number of phenolic OH excluding ortho intramolecular Hbond substituents is 2. The summed E-state index contributed by atoms with van der Waals surface area (Å²) < 4.78 is 38.3. The molecule has 0 radical (unpaired) electrons. The zero-order valence-electron chi connectivity index (χ0n) is 50.6. The van der Waals surface area contributed by atoms with E-state index in [1.807, 2.05) is 13.8 Å². The van der Waals surface area contributed by atoms with Gasteiger partial charge < -0.3 is 91.2 Å². The number of allylic oxidation sites excluding steroid dienone is 6. The molecule has 85 heavy (non-hydrogen) atoms. The number of nitrogens with one attached hydrogen (secondary N) is 3. The van der Waals surface area contributed by atoms with Gasteiger partial charge in [0.15, 0.2) is 18.0 Å². The summed E-state index contributed by atoms with van der Waals surface area (Å²) in [6, 6.07) is 1.19. The predicted molar refractivity (Wildman–Crippen MR) is 319 cm³/mol. The van der Waals surface area contributed by atoms with Crippen molar-refractivity contribution in [3.05, 3.63) is 106 Å². The van der Waals surface area contributed by atoms with Gasteiger partial charge in [0.25, 0.3) is 11.8 Å². The molecule has 474 valence electrons. The van der Waals surface area contributed by atoms with Crippen molar-refractivity contribution in [3.63, 3.8) is 0 Å². The van der Waals surface area contributed by atoms with Gasteiger partial charge in [0.2, 0.25) is 11.6 Å². The summed E-state index contributed by atoms with van der Waals surface area (Å²) in [5, 5.41) is 71.7. The third-order valence-electron chi connectivity index (χ3n) is 14.5. The first-order valence-electron chi connectivity index (χ1n) is 27.3. The van der Waals surface area contributed by atoms with Crippen LogP contribution in [0.4, 0.5) is 21.0 Å². The number of phenols is 2. The highest BCUT2D eigenvalue weighted by atomic mass is 35.5. The Bertz CT molecular complexity index is 2750. The number of nitrogens with two attached hydrogens (primary N) is 2. The lowest BCUT2D eigenvalue weighted by atomic mass is 9.85. The zero-order chi connectivity index (χ0) is 63.3. The second kappa shape index (κ2) is 35.6. The molecular formula is C60H88ClN5O19. The highest BCUT2D eigenvalue weighted by Crippen LogP contribution is 2.43. The Kier molecular flexibility index (Phi) is 31.0. The van der Waals surface area contributed by atoms with Gasteiger partial charge in [-0.15, -0.1) is 12.4 Å². The number of ketones is 2. The number of carbonyl (C=O) groups excluding carboxylic acids is 6. The first-order valence-corrected chi connectivity index (χ1v) is 27.3. The fraction of sp³-hybridized carbons (Fsp3) is 0.533. The van der Waals surface area contributed by atoms with Crippen LogP contribution in [0.15, 0.2) is 100 Å². The number of ether oxygens (including phenoxy) is 7. The minimum Gasteiger partial charge on any atom is -0.506 e. The number of Topliss-reactive ketones (excluding diaryl/α,β-unsaturated/α-hetero) is 1. The molecule has 1 aliphatic carbocycles. The van der Waals surface area contributed by atoms with Crippen molar-refractivity contribution >= 4 is 59.3 Å². The molecule has 25 heteroatoms. The van der Waals surface area contributed by atoms with E-state index in [4.69, 9.17) is 44.6 Å². The average molecular weight is 1220 g/mol. The topological polar surface area (TPSA) is 377 Å². The van der Waals surface area contributed by atoms with Gasteiger partial charge in [-0.3, -0.25) is 19.2 Å². The van der Waals surface area contributed by atoms with Gasteiger partial charge in [-0.1, -0.05) is 76.3 Å². The van der Waals surface area contributed by atoms with E-state index in [1.165, 1.54) is 60.7 Å². The van der Waals surface area contributed by atoms with Crippen LogP contribution in [-0.2, 0) is 58.8 Å². The molecule has 1 unspecified atom stereocenters. The summed E-state index contributed by atoms with van der Waals surface area (Å²) in [5.74, 6) is -4.23. The SMILES string of the molecule is COC1=C2C[C@@H](C)C[C@H](OC)[C@H](O)[C@@H](C)/C=C(\C)[C@H](OC(N)=O)[C@@H](OC)/C=C\C=C(/C)C(=O)NC(=CC1=O)C2=O.CO[C@H]1/C=C\C=C(/C)C(=O)Nc2cc(O)c(NCC(O)CO)c(c2O)C[C@@H](C)C[C@H](OC)[C@H](O)[C@@H](C)/C=C(\C)[C@@H]1OC(N)=O.Cl. The Morgan fingerprint density at radius 1 is 0.718 bits per heavy atom. The molecule has 0 aromatic heterocycles. The fourth-order valence-corrected chi connectivity index (χ4v) is 9.87. The number of aliphatic hydroxyl groups is 4. The quantitative estimate of drug-likeness (QED) is 0.0590. The fourth-order valence-electron chi connectivity index (χ4n) is 9.87. The zero-order valence-corrected chi connectivity index (χ0v) is 51.4. The maximum Gasteiger partial charge on any atom is 0.405 e. The first kappa shape index (κ1) is 74.2. The number of halogens is 1. The van der Waals surface area contributed by atoms with Crippen LogP contribution in [0.1, 0.15) is 80.2 Å². The predicted octanol–water partition coefficient (Wildman–Crippen LogP) is 5.15. The normalized spacial score (nSPS) is 30.6. The molecule has 4 rings (SSSR count). The van der Waals surface area contributed by atoms with E-state index in [9.17, 15) is 59.4 Å². The van der Waals surface area contributed by atoms with Crippen LogP contribution in [0.5, 0.6) is 11.5 Å². The number of aromatic hydroxyl groups is 2. The monoisotopic (exact) mass is 1220 g/mol. The second-order valence-corrected chi connectivity index (χ2v) is 21.3. The van der Waals surface area contributed by atoms with Gasteiger partial charge in [0, 0.05) is 81.2 Å². The average Bonchev–Trinajstić information content (AvgIpc) is 3.04. The van der Waals surface area contributed by atoms with Crippen LogP contribution in [0.2, 0.25) is 0 Å². The summed E-state index contributed by atoms with van der Waals surface area (Å²) in [7, 11) is 7.11. The van der Waals surface area contributed by atoms with Crippen molar-refractivity contribution in [2.24, 2.45) is 35.1 Å². The third kappa shape index (κ3) is 21.6. The van der Waals surface area contributed by atoms with E-state index < -0.39 is 109 Å². The van der Waals surface area contributed by atoms with Gasteiger partial charge in [-0.05, 0) is 76.4 Å². The summed E-state index contributed by atoms with van der Waals surface area (Å²) in [5.41, 5.74) is 12.6. The molecule has 0 fully saturated rings. The molecule has 2 heterocycles. The van der Waals surface area contributed by atoms with Gasteiger partial charge >= 0.3 is 12.2 Å². The number of hydrogen-bond donors (Lipinski definition) is 11. The minimum atomic E-state index is -1.12. The molecule has 1 aromatic carbocycles. The molecule has 2 aliphatic heterocycles. The lowest BCUT2D eigenvalue weighted by Gasteiger charge is -2.29. The number of benzene rings is 1. The molecular weight excluding hydrogens is 1130 g/mol. The van der Waals surface area contributed by atoms with E-state index in [2.05, 4.69) is 16.0 Å². The summed E-state index contributed by atoms with van der Waals surface area (Å²) in [6.45, 7) is 13.2. The number of carbonyl (C=O) groups is 6. The molecule has 13 N–H and O–H groups in total. The van der Waals surface area contributed by atoms with Crippen molar-refractivity contribution in [3.8, 4) is 11.5 Å². The summed E-state index contributed by atoms with van der Waals surface area (Å²) >= 11 is 0. The van der Waals surface area contributed by atoms with Crippen LogP contribution in [-0.4, -0.2) is 170 Å². The van der Waals surface area contributed by atoms with Gasteiger partial charge in [0.05, 0.1) is 61.3 Å². The number of primary amides is 2. The van der Waals surface area contributed by atoms with Crippen molar-refractivity contribution in [1.29, 1.82) is 0 Å². The third-order valence-corrected chi connectivity index (χ3v) is 14.5. The van der Waals surface area contributed by atoms with Crippen LogP contribution in [0.25, 0.3) is 0 Å². The van der Waals surface area contributed by atoms with Crippen molar-refractivity contribution in [2.75, 3.05) is 59.3 Å². The molecule has 3 aliphatic rings. The number of methoxy groups -OCH3 is 5. The van der Waals surface area contributed by atoms with E-state index in [1.54, 1.807) is 71.1 Å². The van der Waals surface area contributed by atoms with Crippen molar-refractivity contribution in [1.82, 2.24) is 5.32 Å². The van der Waals surface area contributed by atoms with Gasteiger partial charge in [0.1, 0.15) is 23.7 Å². The van der Waals surface area contributed by atoms with Crippen LogP contribution >= 0.6 is 12.4 Å². The molecule has 24 nitrogen and oxygen atoms in total. The maximum absolute atomic E-state index is 13.3. The number of anilines is 2. The maximum atomic E-state index is 13.3. The Labute approximate surface area is 503 Å². The van der Waals surface area contributed by atoms with E-state index in [-0.39, 0.29) is 100 Å². The summed E-state index contributed by atoms with van der Waals surface area (Å²) in [4.78, 5) is 75.4. The first-order chi connectivity index (χ1) is 39.6. The lowest BCUT2D eigenvalue weighted by Crippen LogP contribution is -2.37. The van der Waals surface area contributed by atoms with Gasteiger partial charge in [-0.25, -0.2) is 9.59 Å². The molecule has 13 atom stereocenters. The Morgan fingerprint density at radius 2 is 1.18 bits per heavy atom. The Balaban J connectivity index is 0.000000576. The van der Waals surface area contributed by atoms with Crippen LogP contribution in [0.3, 0.4) is 0 Å². The lowest BCUT2D eigenvalue weighted by molar-refractivity contribution is -0.120. The molecule has 4 bridgehead atoms. The number of rotatable bonds is 11. The van der Waals surface area contributed by atoms with E-state index >= 15 is 0 Å². The van der Waals surface area contributed by atoms with E-state index in [0.29, 0.717) is 24.0 Å². The van der Waals surface area contributed by atoms with Crippen molar-refractivity contribution < 1.29 is 92.6 Å². The number of amides is 4. The summed E-state index contributed by atoms with van der Waals surface area (Å²) in [6.07, 6.45) is 5.01. The molecule has 0 saturated carbocycles. The molecule has 4 amide bonds. The Hall–Kier alpha value is -6.87. The Morgan fingerprint density at radius 3 is 1.60 bits per heavy atom. The van der Waals surface area contributed by atoms with Crippen LogP contribution in [0, 0.1) is 23.7 Å². The molecule has 1 aromatic rings. The molecule has 0 saturated heterocycles. The number of hydrogen-bond acceptors (Lipinski definition) is 20. The largest absolute Gasteiger partial charge is 0.506 e. The highest BCUT2D eigenvalue weighted by Gasteiger charge is 2.35. The van der Waals surface area contributed by atoms with Gasteiger partial charge in [-0.2, -0.15) is 0 Å². The minimum absolute atomic E-state index is 0. The highest BCUT2D eigenvalue weighted by molar-refractivity contribution is 6.23. The van der Waals surface area contributed by atoms with Crippen LogP contribution < -0.4 is 27.4 Å². The second-order valence-electron chi connectivity index (χ2n) is 21.3.